The lowest BCUT2D eigenvalue weighted by molar-refractivity contribution is -0.137. The molecule has 5 nitrogen and oxygen atoms in total. The number of amides is 2. The molecule has 1 aromatic carbocycles. The number of carbonyl (C=O) groups is 2. The molecule has 1 heterocycles. The fourth-order valence-corrected chi connectivity index (χ4v) is 2.84. The average molecular weight is 381 g/mol. The van der Waals surface area contributed by atoms with E-state index in [0.717, 1.165) is 0 Å². The Morgan fingerprint density at radius 1 is 1.09 bits per heavy atom. The van der Waals surface area contributed by atoms with E-state index in [1.165, 1.54) is 0 Å². The molecular formula is C15H20Cl3N3O2. The maximum atomic E-state index is 12.5. The first-order valence-electron chi connectivity index (χ1n) is 7.03. The van der Waals surface area contributed by atoms with Gasteiger partial charge in [0.1, 0.15) is 0 Å². The zero-order valence-electron chi connectivity index (χ0n) is 13.0. The van der Waals surface area contributed by atoms with Crippen molar-refractivity contribution in [1.82, 2.24) is 9.80 Å². The SMILES string of the molecule is CC(C)(N)C(=O)N1CCN(C(=O)c2ccc(Cl)cc2Cl)CC1.Cl. The van der Waals surface area contributed by atoms with Gasteiger partial charge < -0.3 is 15.5 Å². The Kier molecular flexibility index (Phi) is 6.71. The second-order valence-electron chi connectivity index (χ2n) is 5.93. The van der Waals surface area contributed by atoms with E-state index in [9.17, 15) is 9.59 Å². The molecule has 0 saturated carbocycles. The van der Waals surface area contributed by atoms with E-state index >= 15 is 0 Å². The topological polar surface area (TPSA) is 66.6 Å². The highest BCUT2D eigenvalue weighted by Crippen LogP contribution is 2.23. The highest BCUT2D eigenvalue weighted by Gasteiger charge is 2.31. The molecule has 1 aromatic rings. The Hall–Kier alpha value is -1.01. The predicted octanol–water partition coefficient (Wildman–Crippen LogP) is 2.44. The second kappa shape index (κ2) is 7.71. The van der Waals surface area contributed by atoms with E-state index in [0.29, 0.717) is 41.8 Å². The van der Waals surface area contributed by atoms with Crippen LogP contribution in [0, 0.1) is 0 Å². The van der Waals surface area contributed by atoms with Gasteiger partial charge in [0.15, 0.2) is 0 Å². The van der Waals surface area contributed by atoms with E-state index in [2.05, 4.69) is 0 Å². The molecule has 2 amide bonds. The van der Waals surface area contributed by atoms with Gasteiger partial charge in [-0.15, -0.1) is 12.4 Å². The Morgan fingerprint density at radius 3 is 2.09 bits per heavy atom. The van der Waals surface area contributed by atoms with Crippen molar-refractivity contribution in [3.63, 3.8) is 0 Å². The predicted molar refractivity (Wildman–Crippen MR) is 94.5 cm³/mol. The van der Waals surface area contributed by atoms with Gasteiger partial charge in [-0.3, -0.25) is 9.59 Å². The van der Waals surface area contributed by atoms with E-state index in [4.69, 9.17) is 28.9 Å². The van der Waals surface area contributed by atoms with Crippen molar-refractivity contribution >= 4 is 47.4 Å². The maximum Gasteiger partial charge on any atom is 0.255 e. The monoisotopic (exact) mass is 379 g/mol. The fourth-order valence-electron chi connectivity index (χ4n) is 2.35. The van der Waals surface area contributed by atoms with Gasteiger partial charge in [-0.25, -0.2) is 0 Å². The van der Waals surface area contributed by atoms with Gasteiger partial charge in [0, 0.05) is 31.2 Å². The van der Waals surface area contributed by atoms with Gasteiger partial charge in [0.05, 0.1) is 16.1 Å². The first kappa shape index (κ1) is 20.0. The van der Waals surface area contributed by atoms with Crippen LogP contribution in [-0.4, -0.2) is 53.3 Å². The van der Waals surface area contributed by atoms with Gasteiger partial charge in [-0.05, 0) is 32.0 Å². The van der Waals surface area contributed by atoms with Gasteiger partial charge in [-0.2, -0.15) is 0 Å². The van der Waals surface area contributed by atoms with Crippen molar-refractivity contribution in [2.24, 2.45) is 5.73 Å². The third kappa shape index (κ3) is 4.73. The van der Waals surface area contributed by atoms with Gasteiger partial charge >= 0.3 is 0 Å². The summed E-state index contributed by atoms with van der Waals surface area (Å²) >= 11 is 11.9. The average Bonchev–Trinajstić information content (AvgIpc) is 2.45. The van der Waals surface area contributed by atoms with Crippen LogP contribution in [0.4, 0.5) is 0 Å². The summed E-state index contributed by atoms with van der Waals surface area (Å²) in [7, 11) is 0. The van der Waals surface area contributed by atoms with E-state index in [1.54, 1.807) is 41.8 Å². The number of nitrogens with two attached hydrogens (primary N) is 1. The fraction of sp³-hybridized carbons (Fsp3) is 0.467. The summed E-state index contributed by atoms with van der Waals surface area (Å²) in [6, 6.07) is 4.80. The summed E-state index contributed by atoms with van der Waals surface area (Å²) in [5.41, 5.74) is 5.35. The summed E-state index contributed by atoms with van der Waals surface area (Å²) in [5, 5.41) is 0.821. The van der Waals surface area contributed by atoms with Crippen LogP contribution in [0.5, 0.6) is 0 Å². The quantitative estimate of drug-likeness (QED) is 0.857. The largest absolute Gasteiger partial charge is 0.338 e. The smallest absolute Gasteiger partial charge is 0.255 e. The van der Waals surface area contributed by atoms with Crippen molar-refractivity contribution in [1.29, 1.82) is 0 Å². The molecule has 1 aliphatic heterocycles. The minimum absolute atomic E-state index is 0. The van der Waals surface area contributed by atoms with Crippen LogP contribution in [-0.2, 0) is 4.79 Å². The highest BCUT2D eigenvalue weighted by atomic mass is 35.5. The molecule has 1 fully saturated rings. The van der Waals surface area contributed by atoms with Gasteiger partial charge in [-0.1, -0.05) is 23.2 Å². The normalized spacial score (nSPS) is 15.2. The van der Waals surface area contributed by atoms with Crippen molar-refractivity contribution in [2.45, 2.75) is 19.4 Å². The molecule has 0 bridgehead atoms. The Morgan fingerprint density at radius 2 is 1.61 bits per heavy atom. The zero-order chi connectivity index (χ0) is 16.5. The Labute approximate surface area is 152 Å². The van der Waals surface area contributed by atoms with E-state index in [-0.39, 0.29) is 24.2 Å². The molecule has 0 atom stereocenters. The van der Waals surface area contributed by atoms with Crippen LogP contribution in [0.25, 0.3) is 0 Å². The maximum absolute atomic E-state index is 12.5. The molecule has 0 aliphatic carbocycles. The second-order valence-corrected chi connectivity index (χ2v) is 6.77. The molecule has 2 N–H and O–H groups in total. The zero-order valence-corrected chi connectivity index (χ0v) is 15.3. The van der Waals surface area contributed by atoms with E-state index < -0.39 is 5.54 Å². The van der Waals surface area contributed by atoms with E-state index in [1.807, 2.05) is 0 Å². The molecule has 0 unspecified atom stereocenters. The molecule has 2 rings (SSSR count). The van der Waals surface area contributed by atoms with Crippen LogP contribution in [0.1, 0.15) is 24.2 Å². The van der Waals surface area contributed by atoms with Crippen molar-refractivity contribution in [2.75, 3.05) is 26.2 Å². The number of benzene rings is 1. The minimum Gasteiger partial charge on any atom is -0.338 e. The number of carbonyl (C=O) groups excluding carboxylic acids is 2. The number of halogens is 3. The number of hydrogen-bond acceptors (Lipinski definition) is 3. The summed E-state index contributed by atoms with van der Waals surface area (Å²) in [6.45, 7) is 5.22. The number of piperazine rings is 1. The molecule has 1 saturated heterocycles. The number of rotatable bonds is 2. The number of hydrogen-bond donors (Lipinski definition) is 1. The molecule has 0 radical (unpaired) electrons. The molecule has 23 heavy (non-hydrogen) atoms. The summed E-state index contributed by atoms with van der Waals surface area (Å²) in [4.78, 5) is 28.0. The first-order valence-corrected chi connectivity index (χ1v) is 7.78. The lowest BCUT2D eigenvalue weighted by Gasteiger charge is -2.37. The molecular weight excluding hydrogens is 361 g/mol. The van der Waals surface area contributed by atoms with Crippen LogP contribution in [0.2, 0.25) is 10.0 Å². The van der Waals surface area contributed by atoms with Crippen LogP contribution in [0.3, 0.4) is 0 Å². The highest BCUT2D eigenvalue weighted by molar-refractivity contribution is 6.36. The Bertz CT molecular complexity index is 594. The third-order valence-electron chi connectivity index (χ3n) is 3.57. The van der Waals surface area contributed by atoms with Crippen LogP contribution >= 0.6 is 35.6 Å². The Balaban J connectivity index is 0.00000264. The third-order valence-corrected chi connectivity index (χ3v) is 4.11. The van der Waals surface area contributed by atoms with Gasteiger partial charge in [0.2, 0.25) is 5.91 Å². The molecule has 1 aliphatic rings. The standard InChI is InChI=1S/C15H19Cl2N3O2.ClH/c1-15(2,18)14(22)20-7-5-19(6-8-20)13(21)11-4-3-10(16)9-12(11)17;/h3-4,9H,5-8,18H2,1-2H3;1H. The molecule has 0 aromatic heterocycles. The van der Waals surface area contributed by atoms with Crippen molar-refractivity contribution in [3.05, 3.63) is 33.8 Å². The van der Waals surface area contributed by atoms with Gasteiger partial charge in [0.25, 0.3) is 5.91 Å². The van der Waals surface area contributed by atoms with Crippen LogP contribution < -0.4 is 5.73 Å². The van der Waals surface area contributed by atoms with Crippen molar-refractivity contribution < 1.29 is 9.59 Å². The number of nitrogens with zero attached hydrogens (tertiary/aromatic N) is 2. The summed E-state index contributed by atoms with van der Waals surface area (Å²) in [5.74, 6) is -0.259. The van der Waals surface area contributed by atoms with Crippen LogP contribution in [0.15, 0.2) is 18.2 Å². The first-order chi connectivity index (χ1) is 10.2. The summed E-state index contributed by atoms with van der Waals surface area (Å²) < 4.78 is 0. The summed E-state index contributed by atoms with van der Waals surface area (Å²) in [6.07, 6.45) is 0. The molecule has 8 heteroatoms. The van der Waals surface area contributed by atoms with Crippen molar-refractivity contribution in [3.8, 4) is 0 Å². The lowest BCUT2D eigenvalue weighted by Crippen LogP contribution is -2.57. The minimum atomic E-state index is -0.897. The lowest BCUT2D eigenvalue weighted by atomic mass is 10.0. The molecule has 0 spiro atoms. The molecule has 128 valence electrons.